The van der Waals surface area contributed by atoms with E-state index >= 15 is 0 Å². The molecule has 2 aromatic rings. The summed E-state index contributed by atoms with van der Waals surface area (Å²) in [6.45, 7) is 0. The Morgan fingerprint density at radius 3 is 3.00 bits per heavy atom. The summed E-state index contributed by atoms with van der Waals surface area (Å²) >= 11 is 2.85. The summed E-state index contributed by atoms with van der Waals surface area (Å²) in [5, 5.41) is 11.1. The largest absolute Gasteiger partial charge is 0.374 e. The van der Waals surface area contributed by atoms with E-state index in [9.17, 15) is 4.79 Å². The van der Waals surface area contributed by atoms with Crippen LogP contribution >= 0.6 is 23.1 Å². The third-order valence-corrected chi connectivity index (χ3v) is 5.25. The quantitative estimate of drug-likeness (QED) is 0.828. The molecule has 1 amide bonds. The molecule has 3 N–H and O–H groups in total. The van der Waals surface area contributed by atoms with Crippen LogP contribution in [0, 0.1) is 0 Å². The van der Waals surface area contributed by atoms with Gasteiger partial charge in [0.2, 0.25) is 11.0 Å². The molecular weight excluding hydrogens is 304 g/mol. The van der Waals surface area contributed by atoms with Gasteiger partial charge in [-0.05, 0) is 42.5 Å². The summed E-state index contributed by atoms with van der Waals surface area (Å²) in [5.74, 6) is 0.698. The third kappa shape index (κ3) is 3.74. The van der Waals surface area contributed by atoms with Crippen molar-refractivity contribution in [1.82, 2.24) is 10.2 Å². The highest BCUT2D eigenvalue weighted by Gasteiger charge is 2.12. The molecule has 7 heteroatoms. The van der Waals surface area contributed by atoms with Crippen LogP contribution in [-0.2, 0) is 17.6 Å². The molecule has 3 rings (SSSR count). The lowest BCUT2D eigenvalue weighted by molar-refractivity contribution is -0.115. The number of nitrogens with one attached hydrogen (secondary N) is 1. The van der Waals surface area contributed by atoms with Crippen LogP contribution in [0.5, 0.6) is 0 Å². The summed E-state index contributed by atoms with van der Waals surface area (Å²) in [7, 11) is 0. The fourth-order valence-electron chi connectivity index (χ4n) is 2.38. The molecular formula is C14H16N4OS2. The number of benzene rings is 1. The van der Waals surface area contributed by atoms with Crippen molar-refractivity contribution in [2.24, 2.45) is 0 Å². The first kappa shape index (κ1) is 14.3. The van der Waals surface area contributed by atoms with E-state index in [-0.39, 0.29) is 5.91 Å². The summed E-state index contributed by atoms with van der Waals surface area (Å²) < 4.78 is 0.804. The van der Waals surface area contributed by atoms with Gasteiger partial charge in [-0.1, -0.05) is 29.2 Å². The Kier molecular flexibility index (Phi) is 4.40. The van der Waals surface area contributed by atoms with Gasteiger partial charge in [-0.25, -0.2) is 0 Å². The summed E-state index contributed by atoms with van der Waals surface area (Å²) in [6.07, 6.45) is 3.94. The molecule has 1 heterocycles. The second-order valence-electron chi connectivity index (χ2n) is 4.89. The third-order valence-electron chi connectivity index (χ3n) is 3.36. The van der Waals surface area contributed by atoms with E-state index < -0.39 is 0 Å². The van der Waals surface area contributed by atoms with Crippen LogP contribution < -0.4 is 11.1 Å². The Labute approximate surface area is 131 Å². The number of carbonyl (C=O) groups excluding carboxylic acids is 1. The van der Waals surface area contributed by atoms with Crippen LogP contribution in [0.1, 0.15) is 24.0 Å². The molecule has 0 spiro atoms. The summed E-state index contributed by atoms with van der Waals surface area (Å²) in [4.78, 5) is 11.9. The van der Waals surface area contributed by atoms with Crippen LogP contribution in [0.4, 0.5) is 10.8 Å². The van der Waals surface area contributed by atoms with E-state index in [0.29, 0.717) is 17.3 Å². The lowest BCUT2D eigenvalue weighted by Crippen LogP contribution is -2.12. The molecule has 0 saturated heterocycles. The first-order chi connectivity index (χ1) is 10.2. The normalized spacial score (nSPS) is 13.1. The van der Waals surface area contributed by atoms with Gasteiger partial charge in [-0.15, -0.1) is 10.2 Å². The van der Waals surface area contributed by atoms with Crippen LogP contribution in [0.2, 0.25) is 0 Å². The Morgan fingerprint density at radius 2 is 2.19 bits per heavy atom. The molecule has 1 aliphatic carbocycles. The van der Waals surface area contributed by atoms with Gasteiger partial charge in [-0.3, -0.25) is 4.79 Å². The van der Waals surface area contributed by atoms with E-state index in [1.807, 2.05) is 6.07 Å². The number of aromatic nitrogens is 2. The highest BCUT2D eigenvalue weighted by molar-refractivity contribution is 8.01. The second-order valence-corrected chi connectivity index (χ2v) is 7.24. The molecule has 5 nitrogen and oxygen atoms in total. The number of nitrogen functional groups attached to an aromatic ring is 1. The SMILES string of the molecule is Nc1nnc(SCCC(=O)Nc2ccc3c(c2)CCC3)s1. The van der Waals surface area contributed by atoms with Crippen molar-refractivity contribution in [2.45, 2.75) is 30.0 Å². The average molecular weight is 320 g/mol. The van der Waals surface area contributed by atoms with E-state index in [1.54, 1.807) is 0 Å². The average Bonchev–Trinajstić information content (AvgIpc) is 3.07. The van der Waals surface area contributed by atoms with Crippen molar-refractivity contribution in [2.75, 3.05) is 16.8 Å². The van der Waals surface area contributed by atoms with Gasteiger partial charge in [0.05, 0.1) is 0 Å². The first-order valence-corrected chi connectivity index (χ1v) is 8.64. The number of amides is 1. The van der Waals surface area contributed by atoms with Gasteiger partial charge in [0.15, 0.2) is 4.34 Å². The maximum atomic E-state index is 11.9. The van der Waals surface area contributed by atoms with Gasteiger partial charge >= 0.3 is 0 Å². The van der Waals surface area contributed by atoms with Crippen molar-refractivity contribution in [3.8, 4) is 0 Å². The van der Waals surface area contributed by atoms with E-state index in [0.717, 1.165) is 22.9 Å². The maximum absolute atomic E-state index is 11.9. The van der Waals surface area contributed by atoms with Crippen LogP contribution in [-0.4, -0.2) is 21.9 Å². The number of rotatable bonds is 5. The number of aryl methyl sites for hydroxylation is 2. The van der Waals surface area contributed by atoms with E-state index in [1.165, 1.54) is 40.6 Å². The molecule has 0 fully saturated rings. The smallest absolute Gasteiger partial charge is 0.225 e. The minimum Gasteiger partial charge on any atom is -0.374 e. The lowest BCUT2D eigenvalue weighted by Gasteiger charge is -2.07. The second kappa shape index (κ2) is 6.44. The Bertz CT molecular complexity index is 656. The van der Waals surface area contributed by atoms with Crippen LogP contribution in [0.3, 0.4) is 0 Å². The standard InChI is InChI=1S/C14H16N4OS2/c15-13-17-18-14(21-13)20-7-6-12(19)16-11-5-4-9-2-1-3-10(9)8-11/h4-5,8H,1-3,6-7H2,(H2,15,17)(H,16,19). The molecule has 21 heavy (non-hydrogen) atoms. The number of hydrogen-bond donors (Lipinski definition) is 2. The van der Waals surface area contributed by atoms with Crippen molar-refractivity contribution in [3.05, 3.63) is 29.3 Å². The molecule has 1 aromatic carbocycles. The zero-order valence-corrected chi connectivity index (χ0v) is 13.1. The fraction of sp³-hybridized carbons (Fsp3) is 0.357. The predicted molar refractivity (Wildman–Crippen MR) is 86.8 cm³/mol. The molecule has 1 aliphatic rings. The van der Waals surface area contributed by atoms with Crippen molar-refractivity contribution in [1.29, 1.82) is 0 Å². The number of carbonyl (C=O) groups is 1. The lowest BCUT2D eigenvalue weighted by atomic mass is 10.1. The first-order valence-electron chi connectivity index (χ1n) is 6.84. The highest BCUT2D eigenvalue weighted by atomic mass is 32.2. The number of fused-ring (bicyclic) bond motifs is 1. The zero-order chi connectivity index (χ0) is 14.7. The molecule has 0 unspecified atom stereocenters. The topological polar surface area (TPSA) is 80.9 Å². The van der Waals surface area contributed by atoms with Crippen LogP contribution in [0.15, 0.2) is 22.5 Å². The Morgan fingerprint density at radius 1 is 1.33 bits per heavy atom. The molecule has 1 aromatic heterocycles. The maximum Gasteiger partial charge on any atom is 0.225 e. The number of anilines is 2. The molecule has 0 aliphatic heterocycles. The zero-order valence-electron chi connectivity index (χ0n) is 11.5. The van der Waals surface area contributed by atoms with Crippen molar-refractivity contribution >= 4 is 39.8 Å². The molecule has 0 radical (unpaired) electrons. The Hall–Kier alpha value is -1.60. The van der Waals surface area contributed by atoms with Crippen molar-refractivity contribution < 1.29 is 4.79 Å². The van der Waals surface area contributed by atoms with Crippen molar-refractivity contribution in [3.63, 3.8) is 0 Å². The van der Waals surface area contributed by atoms with Crippen LogP contribution in [0.25, 0.3) is 0 Å². The van der Waals surface area contributed by atoms with Gasteiger partial charge in [0, 0.05) is 17.9 Å². The molecule has 110 valence electrons. The van der Waals surface area contributed by atoms with E-state index in [2.05, 4.69) is 27.6 Å². The number of nitrogens with zero attached hydrogens (tertiary/aromatic N) is 2. The number of hydrogen-bond acceptors (Lipinski definition) is 6. The number of nitrogens with two attached hydrogens (primary N) is 1. The minimum atomic E-state index is 0.0259. The predicted octanol–water partition coefficient (Wildman–Crippen LogP) is 2.73. The molecule has 0 bridgehead atoms. The van der Waals surface area contributed by atoms with Gasteiger partial charge in [0.25, 0.3) is 0 Å². The van der Waals surface area contributed by atoms with Gasteiger partial charge < -0.3 is 11.1 Å². The highest BCUT2D eigenvalue weighted by Crippen LogP contribution is 2.26. The molecule has 0 atom stereocenters. The van der Waals surface area contributed by atoms with E-state index in [4.69, 9.17) is 5.73 Å². The fourth-order valence-corrected chi connectivity index (χ4v) is 4.03. The summed E-state index contributed by atoms with van der Waals surface area (Å²) in [6, 6.07) is 6.20. The number of thioether (sulfide) groups is 1. The van der Waals surface area contributed by atoms with Gasteiger partial charge in [0.1, 0.15) is 0 Å². The monoisotopic (exact) mass is 320 g/mol. The summed E-state index contributed by atoms with van der Waals surface area (Å²) in [5.41, 5.74) is 9.18. The molecule has 0 saturated carbocycles. The Balaban J connectivity index is 1.48. The van der Waals surface area contributed by atoms with Gasteiger partial charge in [-0.2, -0.15) is 0 Å². The minimum absolute atomic E-state index is 0.0259.